The maximum atomic E-state index is 13.3. The third-order valence-electron chi connectivity index (χ3n) is 19.3. The van der Waals surface area contributed by atoms with Gasteiger partial charge in [-0.1, -0.05) is 138 Å². The first kappa shape index (κ1) is 79.1. The van der Waals surface area contributed by atoms with E-state index in [0.717, 1.165) is 58.2 Å². The van der Waals surface area contributed by atoms with Crippen molar-refractivity contribution in [1.29, 1.82) is 0 Å². The Kier molecular flexibility index (Phi) is 25.0. The van der Waals surface area contributed by atoms with Gasteiger partial charge in [0.15, 0.2) is 17.3 Å². The van der Waals surface area contributed by atoms with Crippen molar-refractivity contribution in [2.75, 3.05) is 27.6 Å². The van der Waals surface area contributed by atoms with Crippen LogP contribution in [0.1, 0.15) is 164 Å². The second kappa shape index (κ2) is 33.8. The first-order valence-corrected chi connectivity index (χ1v) is 34.2. The molecule has 2 heterocycles. The van der Waals surface area contributed by atoms with Gasteiger partial charge < -0.3 is 38.6 Å². The summed E-state index contributed by atoms with van der Waals surface area (Å²) in [5.74, 6) is 7.31. The average molecular weight is 1430 g/mol. The highest BCUT2D eigenvalue weighted by Crippen LogP contribution is 2.40. The third-order valence-corrected chi connectivity index (χ3v) is 19.3. The molecule has 0 unspecified atom stereocenters. The summed E-state index contributed by atoms with van der Waals surface area (Å²) in [5.41, 5.74) is 11.8. The largest absolute Gasteiger partial charge is 0.508 e. The topological polar surface area (TPSA) is 154 Å². The summed E-state index contributed by atoms with van der Waals surface area (Å²) in [4.78, 5) is 43.4. The van der Waals surface area contributed by atoms with Crippen LogP contribution in [-0.4, -0.2) is 64.9 Å². The zero-order valence-electron chi connectivity index (χ0n) is 58.8. The smallest absolute Gasteiger partial charge is 0.193 e. The summed E-state index contributed by atoms with van der Waals surface area (Å²) >= 11 is 0. The Bertz CT molecular complexity index is 4980. The summed E-state index contributed by atoms with van der Waals surface area (Å²) < 4.78 is 36.0. The molecule has 0 amide bonds. The Labute approximate surface area is 630 Å². The lowest BCUT2D eigenvalue weighted by Crippen LogP contribution is -2.28. The summed E-state index contributed by atoms with van der Waals surface area (Å²) in [6, 6.07) is 86.4. The number of phenolic OH excluding ortho intramolecular Hbond substituents is 2. The van der Waals surface area contributed by atoms with Crippen LogP contribution in [0.4, 0.5) is 0 Å². The molecule has 14 rings (SSSR count). The van der Waals surface area contributed by atoms with Crippen LogP contribution in [0.15, 0.2) is 279 Å². The number of hydrogen-bond donors (Lipinski definition) is 2. The molecule has 0 saturated heterocycles. The molecule has 0 spiro atoms. The van der Waals surface area contributed by atoms with E-state index in [4.69, 9.17) is 28.4 Å². The Morgan fingerprint density at radius 1 is 0.290 bits per heavy atom. The molecule has 0 atom stereocenters. The van der Waals surface area contributed by atoms with Crippen molar-refractivity contribution in [2.24, 2.45) is 0 Å². The average Bonchev–Trinajstić information content (AvgIpc) is 0.793. The van der Waals surface area contributed by atoms with Crippen LogP contribution >= 0.6 is 0 Å². The van der Waals surface area contributed by atoms with Gasteiger partial charge in [0.25, 0.3) is 0 Å². The SMILES string of the molecule is C.C.C.C.CN1COc2ccc(C(=O)c3ccc(Oc4ccc(C(C)(C)c5ccc(Oc6ccc(C(=O)c7ccc(O)cc7)cc6)cc5)cc4)cc3)cc2C1.CN1COc2ccc(C(C)(C)c3ccc(Oc4ccc(C(=O)c5ccc(Oc6ccc(C(C)(C)c7ccc(O)cc7)cc6)cc5)cc4)cc3)cc2C1. The Balaban J connectivity index is 0.000000238. The summed E-state index contributed by atoms with van der Waals surface area (Å²) in [6.45, 7) is 15.9. The minimum absolute atomic E-state index is 0. The highest BCUT2D eigenvalue weighted by atomic mass is 16.5. The molecule has 2 aliphatic rings. The van der Waals surface area contributed by atoms with E-state index in [1.807, 2.05) is 122 Å². The van der Waals surface area contributed by atoms with Crippen LogP contribution < -0.4 is 28.4 Å². The van der Waals surface area contributed by atoms with Gasteiger partial charge in [0.05, 0.1) is 0 Å². The maximum absolute atomic E-state index is 13.3. The number of hydrogen-bond acceptors (Lipinski definition) is 13. The van der Waals surface area contributed by atoms with E-state index in [-0.39, 0.29) is 74.8 Å². The van der Waals surface area contributed by atoms with Crippen molar-refractivity contribution < 1.29 is 53.0 Å². The quantitative estimate of drug-likeness (QED) is 0.0697. The molecule has 2 aliphatic heterocycles. The number of fused-ring (bicyclic) bond motifs is 2. The van der Waals surface area contributed by atoms with E-state index in [1.165, 1.54) is 28.8 Å². The third kappa shape index (κ3) is 18.4. The lowest BCUT2D eigenvalue weighted by Gasteiger charge is -2.30. The molecule has 2 N–H and O–H groups in total. The molecule has 0 aliphatic carbocycles. The van der Waals surface area contributed by atoms with Crippen LogP contribution in [0.3, 0.4) is 0 Å². The molecule has 12 aromatic carbocycles. The lowest BCUT2D eigenvalue weighted by atomic mass is 9.77. The van der Waals surface area contributed by atoms with Crippen molar-refractivity contribution in [3.63, 3.8) is 0 Å². The fraction of sp³-hybridized carbons (Fsp3) is 0.202. The second-order valence-corrected chi connectivity index (χ2v) is 27.8. The first-order chi connectivity index (χ1) is 49.6. The molecule has 13 heteroatoms. The van der Waals surface area contributed by atoms with Gasteiger partial charge in [0.1, 0.15) is 82.5 Å². The molecule has 0 bridgehead atoms. The number of carbonyl (C=O) groups is 3. The molecule has 0 saturated carbocycles. The van der Waals surface area contributed by atoms with Crippen LogP contribution in [0.25, 0.3) is 0 Å². The van der Waals surface area contributed by atoms with Gasteiger partial charge in [-0.15, -0.1) is 0 Å². The number of benzene rings is 12. The minimum atomic E-state index is -0.284. The van der Waals surface area contributed by atoms with E-state index in [1.54, 1.807) is 84.9 Å². The fourth-order valence-corrected chi connectivity index (χ4v) is 12.7. The van der Waals surface area contributed by atoms with E-state index in [0.29, 0.717) is 87.1 Å². The van der Waals surface area contributed by atoms with Gasteiger partial charge in [-0.05, 0) is 260 Å². The minimum Gasteiger partial charge on any atom is -0.508 e. The molecule has 107 heavy (non-hydrogen) atoms. The standard InChI is InChI=1S/C46H43NO5.C44H37NO6.4CH4/c1-45(2,34-10-17-38(48)18-11-34)35-12-23-41(24-13-35)51-39-19-6-31(7-20-39)44(49)32-8-21-40(22-9-32)52-42-25-14-36(15-26-42)46(3,4)37-16-27-43-33(28-37)29-47(5)30-50-43;1-44(2,34-11-21-39(22-12-34)50-37-17-6-30(7-18-37)42(47)29-4-15-36(46)16-5-29)35-13-23-40(24-14-35)51-38-19-8-31(9-20-38)43(48)32-10-25-41-33(26-32)27-45(3)28-49-41;;;;/h6-28,48H,29-30H2,1-5H3;4-26,46H,27-28H2,1-3H3;4*1H4. The zero-order valence-corrected chi connectivity index (χ0v) is 58.8. The van der Waals surface area contributed by atoms with Gasteiger partial charge in [-0.2, -0.15) is 0 Å². The van der Waals surface area contributed by atoms with Crippen molar-refractivity contribution in [2.45, 2.75) is 101 Å². The Hall–Kier alpha value is -12.0. The van der Waals surface area contributed by atoms with Crippen molar-refractivity contribution in [1.82, 2.24) is 9.80 Å². The Morgan fingerprint density at radius 2 is 0.495 bits per heavy atom. The molecule has 548 valence electrons. The summed E-state index contributed by atoms with van der Waals surface area (Å²) in [7, 11) is 4.04. The fourth-order valence-electron chi connectivity index (χ4n) is 12.7. The van der Waals surface area contributed by atoms with E-state index in [9.17, 15) is 24.6 Å². The van der Waals surface area contributed by atoms with E-state index in [2.05, 4.69) is 125 Å². The number of carbonyl (C=O) groups excluding carboxylic acids is 3. The predicted molar refractivity (Wildman–Crippen MR) is 428 cm³/mol. The van der Waals surface area contributed by atoms with Gasteiger partial charge >= 0.3 is 0 Å². The monoisotopic (exact) mass is 1430 g/mol. The van der Waals surface area contributed by atoms with Gasteiger partial charge in [0, 0.05) is 73.8 Å². The maximum Gasteiger partial charge on any atom is 0.193 e. The lowest BCUT2D eigenvalue weighted by molar-refractivity contribution is 0.102. The molecule has 0 radical (unpaired) electrons. The van der Waals surface area contributed by atoms with E-state index < -0.39 is 0 Å². The van der Waals surface area contributed by atoms with Crippen molar-refractivity contribution in [3.05, 3.63) is 357 Å². The van der Waals surface area contributed by atoms with E-state index >= 15 is 0 Å². The highest BCUT2D eigenvalue weighted by Gasteiger charge is 2.28. The molecular formula is C94H96N2O11. The number of aromatic hydroxyl groups is 2. The first-order valence-electron chi connectivity index (χ1n) is 34.2. The Morgan fingerprint density at radius 3 is 0.794 bits per heavy atom. The van der Waals surface area contributed by atoms with Gasteiger partial charge in [-0.3, -0.25) is 24.2 Å². The van der Waals surface area contributed by atoms with Crippen LogP contribution in [0.5, 0.6) is 69.0 Å². The van der Waals surface area contributed by atoms with Crippen LogP contribution in [0, 0.1) is 0 Å². The van der Waals surface area contributed by atoms with Gasteiger partial charge in [0.2, 0.25) is 0 Å². The molecule has 0 fully saturated rings. The summed E-state index contributed by atoms with van der Waals surface area (Å²) in [5, 5.41) is 19.1. The van der Waals surface area contributed by atoms with Crippen molar-refractivity contribution in [3.8, 4) is 69.0 Å². The number of ether oxygens (including phenoxy) is 6. The number of ketones is 3. The number of phenols is 2. The predicted octanol–water partition coefficient (Wildman–Crippen LogP) is 22.7. The summed E-state index contributed by atoms with van der Waals surface area (Å²) in [6.07, 6.45) is 0. The van der Waals surface area contributed by atoms with Crippen LogP contribution in [-0.2, 0) is 29.3 Å². The molecular weight excluding hydrogens is 1330 g/mol. The second-order valence-electron chi connectivity index (χ2n) is 27.8. The van der Waals surface area contributed by atoms with Crippen LogP contribution in [0.2, 0.25) is 0 Å². The molecule has 0 aromatic heterocycles. The number of nitrogens with zero attached hydrogens (tertiary/aromatic N) is 2. The number of rotatable bonds is 20. The zero-order chi connectivity index (χ0) is 72.0. The molecule has 12 aromatic rings. The molecule has 13 nitrogen and oxygen atoms in total. The van der Waals surface area contributed by atoms with Gasteiger partial charge in [-0.25, -0.2) is 0 Å². The normalized spacial score (nSPS) is 12.5. The van der Waals surface area contributed by atoms with Crippen molar-refractivity contribution >= 4 is 17.3 Å². The highest BCUT2D eigenvalue weighted by molar-refractivity contribution is 6.10.